The van der Waals surface area contributed by atoms with Crippen LogP contribution >= 0.6 is 0 Å². The Morgan fingerprint density at radius 2 is 2.07 bits per heavy atom. The number of hydrogen-bond acceptors (Lipinski definition) is 5. The Bertz CT molecular complexity index is 888. The summed E-state index contributed by atoms with van der Waals surface area (Å²) in [6.07, 6.45) is 9.53. The van der Waals surface area contributed by atoms with Crippen LogP contribution in [0.3, 0.4) is 0 Å². The molecule has 0 radical (unpaired) electrons. The molecule has 0 unspecified atom stereocenters. The van der Waals surface area contributed by atoms with Crippen molar-refractivity contribution in [1.82, 2.24) is 34.4 Å². The van der Waals surface area contributed by atoms with Gasteiger partial charge in [0.05, 0.1) is 6.42 Å². The lowest BCUT2D eigenvalue weighted by Crippen LogP contribution is -2.40. The highest BCUT2D eigenvalue weighted by molar-refractivity contribution is 5.78. The highest BCUT2D eigenvalue weighted by Gasteiger charge is 2.28. The van der Waals surface area contributed by atoms with Crippen LogP contribution in [0.4, 0.5) is 0 Å². The number of likely N-dealkylation sites (tertiary alicyclic amines) is 1. The first-order valence-electron chi connectivity index (χ1n) is 9.23. The van der Waals surface area contributed by atoms with Gasteiger partial charge in [-0.25, -0.2) is 0 Å². The highest BCUT2D eigenvalue weighted by atomic mass is 16.2. The lowest BCUT2D eigenvalue weighted by atomic mass is 9.96. The van der Waals surface area contributed by atoms with Crippen LogP contribution in [0, 0.1) is 0 Å². The van der Waals surface area contributed by atoms with Gasteiger partial charge in [0.2, 0.25) is 5.91 Å². The van der Waals surface area contributed by atoms with Crippen LogP contribution in [-0.4, -0.2) is 53.4 Å². The second-order valence-electron chi connectivity index (χ2n) is 6.95. The van der Waals surface area contributed by atoms with Gasteiger partial charge in [-0.2, -0.15) is 5.10 Å². The topological polar surface area (TPSA) is 81.7 Å². The first kappa shape index (κ1) is 17.4. The molecule has 0 N–H and O–H groups in total. The van der Waals surface area contributed by atoms with Gasteiger partial charge < -0.3 is 9.47 Å². The third-order valence-electron chi connectivity index (χ3n) is 5.11. The number of aromatic nitrogens is 6. The summed E-state index contributed by atoms with van der Waals surface area (Å²) in [6.45, 7) is 2.09. The molecular weight excluding hydrogens is 342 g/mol. The first-order chi connectivity index (χ1) is 13.2. The summed E-state index contributed by atoms with van der Waals surface area (Å²) < 4.78 is 3.88. The molecule has 1 atom stereocenters. The molecule has 3 aromatic heterocycles. The summed E-state index contributed by atoms with van der Waals surface area (Å²) in [6, 6.07) is 5.68. The molecule has 1 aliphatic heterocycles. The van der Waals surface area contributed by atoms with Gasteiger partial charge in [-0.15, -0.1) is 10.2 Å². The number of carbonyl (C=O) groups is 1. The van der Waals surface area contributed by atoms with Crippen LogP contribution in [0.25, 0.3) is 0 Å². The SMILES string of the molecule is Cn1c(Cn2cccn2)nnc1[C@H]1CCCN(C(=O)Cc2ccncc2)C1. The van der Waals surface area contributed by atoms with Crippen LogP contribution in [0.2, 0.25) is 0 Å². The number of amides is 1. The highest BCUT2D eigenvalue weighted by Crippen LogP contribution is 2.26. The quantitative estimate of drug-likeness (QED) is 0.683. The van der Waals surface area contributed by atoms with Gasteiger partial charge in [-0.05, 0) is 36.6 Å². The molecule has 8 nitrogen and oxygen atoms in total. The predicted octanol–water partition coefficient (Wildman–Crippen LogP) is 1.40. The molecule has 4 heterocycles. The first-order valence-corrected chi connectivity index (χ1v) is 9.23. The Morgan fingerprint density at radius 1 is 1.22 bits per heavy atom. The van der Waals surface area contributed by atoms with Gasteiger partial charge >= 0.3 is 0 Å². The normalized spacial score (nSPS) is 17.2. The molecule has 1 amide bonds. The second kappa shape index (κ2) is 7.69. The van der Waals surface area contributed by atoms with Crippen LogP contribution in [-0.2, 0) is 24.8 Å². The molecule has 0 saturated carbocycles. The third-order valence-corrected chi connectivity index (χ3v) is 5.11. The number of carbonyl (C=O) groups excluding carboxylic acids is 1. The number of pyridine rings is 1. The Kier molecular flexibility index (Phi) is 4.95. The zero-order valence-electron chi connectivity index (χ0n) is 15.4. The molecule has 4 rings (SSSR count). The van der Waals surface area contributed by atoms with E-state index in [1.807, 2.05) is 45.6 Å². The second-order valence-corrected chi connectivity index (χ2v) is 6.95. The average Bonchev–Trinajstić information content (AvgIpc) is 3.33. The fourth-order valence-electron chi connectivity index (χ4n) is 3.61. The molecule has 8 heteroatoms. The summed E-state index contributed by atoms with van der Waals surface area (Å²) in [7, 11) is 1.99. The van der Waals surface area contributed by atoms with E-state index in [0.29, 0.717) is 19.5 Å². The third kappa shape index (κ3) is 3.89. The van der Waals surface area contributed by atoms with Crippen LogP contribution < -0.4 is 0 Å². The number of nitrogens with zero attached hydrogens (tertiary/aromatic N) is 7. The van der Waals surface area contributed by atoms with Crippen molar-refractivity contribution >= 4 is 5.91 Å². The average molecular weight is 365 g/mol. The molecular formula is C19H23N7O. The fraction of sp³-hybridized carbons (Fsp3) is 0.421. The van der Waals surface area contributed by atoms with Gasteiger partial charge in [0.25, 0.3) is 0 Å². The van der Waals surface area contributed by atoms with Gasteiger partial charge in [0, 0.05) is 50.8 Å². The predicted molar refractivity (Wildman–Crippen MR) is 98.8 cm³/mol. The van der Waals surface area contributed by atoms with Crippen molar-refractivity contribution < 1.29 is 4.79 Å². The Hall–Kier alpha value is -3.03. The molecule has 3 aromatic rings. The summed E-state index contributed by atoms with van der Waals surface area (Å²) in [5, 5.41) is 13.0. The van der Waals surface area contributed by atoms with E-state index >= 15 is 0 Å². The summed E-state index contributed by atoms with van der Waals surface area (Å²) in [5.74, 6) is 2.18. The molecule has 1 fully saturated rings. The molecule has 1 saturated heterocycles. The van der Waals surface area contributed by atoms with Crippen molar-refractivity contribution in [2.75, 3.05) is 13.1 Å². The Labute approximate surface area is 157 Å². The largest absolute Gasteiger partial charge is 0.342 e. The van der Waals surface area contributed by atoms with E-state index in [9.17, 15) is 4.79 Å². The maximum absolute atomic E-state index is 12.7. The minimum Gasteiger partial charge on any atom is -0.342 e. The maximum Gasteiger partial charge on any atom is 0.227 e. The molecule has 140 valence electrons. The van der Waals surface area contributed by atoms with Crippen molar-refractivity contribution in [2.24, 2.45) is 7.05 Å². The molecule has 27 heavy (non-hydrogen) atoms. The van der Waals surface area contributed by atoms with E-state index in [0.717, 1.165) is 36.6 Å². The fourth-order valence-corrected chi connectivity index (χ4v) is 3.61. The standard InChI is InChI=1S/C19H23N7O/c1-24-17(14-26-11-3-7-21-26)22-23-19(24)16-4-2-10-25(13-16)18(27)12-15-5-8-20-9-6-15/h3,5-9,11,16H,2,4,10,12-14H2,1H3/t16-/m0/s1. The maximum atomic E-state index is 12.7. The smallest absolute Gasteiger partial charge is 0.227 e. The van der Waals surface area contributed by atoms with E-state index in [-0.39, 0.29) is 11.8 Å². The van der Waals surface area contributed by atoms with Crippen molar-refractivity contribution in [3.05, 3.63) is 60.2 Å². The summed E-state index contributed by atoms with van der Waals surface area (Å²) >= 11 is 0. The summed E-state index contributed by atoms with van der Waals surface area (Å²) in [5.41, 5.74) is 0.997. The Balaban J connectivity index is 1.44. The van der Waals surface area contributed by atoms with Crippen molar-refractivity contribution in [2.45, 2.75) is 31.7 Å². The minimum absolute atomic E-state index is 0.157. The monoisotopic (exact) mass is 365 g/mol. The lowest BCUT2D eigenvalue weighted by molar-refractivity contribution is -0.131. The van der Waals surface area contributed by atoms with Crippen molar-refractivity contribution in [3.63, 3.8) is 0 Å². The molecule has 0 aromatic carbocycles. The van der Waals surface area contributed by atoms with Gasteiger partial charge in [-0.3, -0.25) is 14.5 Å². The van der Waals surface area contributed by atoms with Crippen LogP contribution in [0.5, 0.6) is 0 Å². The van der Waals surface area contributed by atoms with Gasteiger partial charge in [0.15, 0.2) is 5.82 Å². The minimum atomic E-state index is 0.157. The van der Waals surface area contributed by atoms with Gasteiger partial charge in [-0.1, -0.05) is 0 Å². The van der Waals surface area contributed by atoms with E-state index in [1.54, 1.807) is 18.6 Å². The lowest BCUT2D eigenvalue weighted by Gasteiger charge is -2.32. The van der Waals surface area contributed by atoms with Crippen LogP contribution in [0.15, 0.2) is 43.0 Å². The van der Waals surface area contributed by atoms with E-state index in [2.05, 4.69) is 20.3 Å². The summed E-state index contributed by atoms with van der Waals surface area (Å²) in [4.78, 5) is 18.7. The van der Waals surface area contributed by atoms with Crippen molar-refractivity contribution in [1.29, 1.82) is 0 Å². The number of piperidine rings is 1. The number of rotatable bonds is 5. The Morgan fingerprint density at radius 3 is 2.85 bits per heavy atom. The van der Waals surface area contributed by atoms with E-state index in [1.165, 1.54) is 0 Å². The van der Waals surface area contributed by atoms with Crippen LogP contribution in [0.1, 0.15) is 36.0 Å². The zero-order valence-corrected chi connectivity index (χ0v) is 15.4. The number of hydrogen-bond donors (Lipinski definition) is 0. The van der Waals surface area contributed by atoms with E-state index in [4.69, 9.17) is 0 Å². The van der Waals surface area contributed by atoms with Gasteiger partial charge in [0.1, 0.15) is 12.4 Å². The zero-order chi connectivity index (χ0) is 18.6. The molecule has 0 bridgehead atoms. The molecule has 0 spiro atoms. The molecule has 0 aliphatic carbocycles. The molecule has 1 aliphatic rings. The van der Waals surface area contributed by atoms with E-state index < -0.39 is 0 Å². The van der Waals surface area contributed by atoms with Crippen molar-refractivity contribution in [3.8, 4) is 0 Å².